The standard InChI is InChI=1S/C22H17ClN6O5/c1-28-21(25-26-27-28)13-4-3-5-16(10-13)24-22(30)14-6-8-19(20(11-14)33-2)34-18-9-7-15(23)12-17(18)29(31)32/h3-12H,1-2H3,(H,24,30). The van der Waals surface area contributed by atoms with Gasteiger partial charge in [0.2, 0.25) is 5.75 Å². The summed E-state index contributed by atoms with van der Waals surface area (Å²) in [7, 11) is 3.12. The van der Waals surface area contributed by atoms with Crippen LogP contribution in [0, 0.1) is 10.1 Å². The van der Waals surface area contributed by atoms with Crippen molar-refractivity contribution in [2.75, 3.05) is 12.4 Å². The number of nitrogens with zero attached hydrogens (tertiary/aromatic N) is 5. The number of benzene rings is 3. The Labute approximate surface area is 198 Å². The van der Waals surface area contributed by atoms with Gasteiger partial charge in [0.1, 0.15) is 0 Å². The summed E-state index contributed by atoms with van der Waals surface area (Å²) in [5.74, 6) is 0.558. The average molecular weight is 481 g/mol. The van der Waals surface area contributed by atoms with Crippen LogP contribution >= 0.6 is 11.6 Å². The Morgan fingerprint density at radius 2 is 1.88 bits per heavy atom. The molecule has 4 rings (SSSR count). The van der Waals surface area contributed by atoms with Gasteiger partial charge in [-0.1, -0.05) is 23.7 Å². The highest BCUT2D eigenvalue weighted by Crippen LogP contribution is 2.38. The molecule has 0 saturated heterocycles. The van der Waals surface area contributed by atoms with E-state index in [1.165, 1.54) is 48.2 Å². The maximum Gasteiger partial charge on any atom is 0.313 e. The Morgan fingerprint density at radius 1 is 1.09 bits per heavy atom. The number of nitro groups is 1. The number of ether oxygens (including phenoxy) is 2. The number of methoxy groups -OCH3 is 1. The van der Waals surface area contributed by atoms with Gasteiger partial charge in [0.25, 0.3) is 5.91 Å². The van der Waals surface area contributed by atoms with Crippen LogP contribution in [0.5, 0.6) is 17.2 Å². The maximum absolute atomic E-state index is 12.8. The predicted molar refractivity (Wildman–Crippen MR) is 123 cm³/mol. The first kappa shape index (κ1) is 22.7. The molecule has 1 aromatic heterocycles. The van der Waals surface area contributed by atoms with E-state index in [0.717, 1.165) is 5.56 Å². The summed E-state index contributed by atoms with van der Waals surface area (Å²) in [6, 6.07) is 15.6. The SMILES string of the molecule is COc1cc(C(=O)Nc2cccc(-c3nnnn3C)c2)ccc1Oc1ccc(Cl)cc1[N+](=O)[O-]. The lowest BCUT2D eigenvalue weighted by Gasteiger charge is -2.13. The molecule has 0 bridgehead atoms. The molecule has 0 aliphatic heterocycles. The van der Waals surface area contributed by atoms with Gasteiger partial charge in [-0.2, -0.15) is 0 Å². The largest absolute Gasteiger partial charge is 0.493 e. The Kier molecular flexibility index (Phi) is 6.37. The van der Waals surface area contributed by atoms with Crippen LogP contribution in [-0.2, 0) is 7.05 Å². The molecule has 0 radical (unpaired) electrons. The number of halogens is 1. The number of hydrogen-bond donors (Lipinski definition) is 1. The fourth-order valence-electron chi connectivity index (χ4n) is 3.14. The molecule has 34 heavy (non-hydrogen) atoms. The molecule has 1 amide bonds. The van der Waals surface area contributed by atoms with Crippen molar-refractivity contribution in [2.24, 2.45) is 7.05 Å². The average Bonchev–Trinajstić information content (AvgIpc) is 3.26. The summed E-state index contributed by atoms with van der Waals surface area (Å²) in [5, 5.41) is 25.7. The lowest BCUT2D eigenvalue weighted by atomic mass is 10.1. The monoisotopic (exact) mass is 480 g/mol. The van der Waals surface area contributed by atoms with Crippen molar-refractivity contribution >= 4 is 28.9 Å². The third kappa shape index (κ3) is 4.79. The van der Waals surface area contributed by atoms with Crippen molar-refractivity contribution in [2.45, 2.75) is 0 Å². The van der Waals surface area contributed by atoms with Gasteiger partial charge in [0, 0.05) is 35.0 Å². The van der Waals surface area contributed by atoms with Crippen molar-refractivity contribution in [1.82, 2.24) is 20.2 Å². The van der Waals surface area contributed by atoms with Crippen LogP contribution in [0.2, 0.25) is 5.02 Å². The first-order valence-corrected chi connectivity index (χ1v) is 10.2. The molecular weight excluding hydrogens is 464 g/mol. The van der Waals surface area contributed by atoms with E-state index < -0.39 is 10.8 Å². The van der Waals surface area contributed by atoms with Crippen LogP contribution in [0.1, 0.15) is 10.4 Å². The second-order valence-corrected chi connectivity index (χ2v) is 7.43. The van der Waals surface area contributed by atoms with Crippen LogP contribution in [0.15, 0.2) is 60.7 Å². The Balaban J connectivity index is 1.56. The molecule has 0 spiro atoms. The fourth-order valence-corrected chi connectivity index (χ4v) is 3.31. The molecule has 4 aromatic rings. The van der Waals surface area contributed by atoms with Gasteiger partial charge >= 0.3 is 5.69 Å². The topological polar surface area (TPSA) is 134 Å². The number of anilines is 1. The molecule has 12 heteroatoms. The minimum atomic E-state index is -0.597. The van der Waals surface area contributed by atoms with Gasteiger partial charge < -0.3 is 14.8 Å². The van der Waals surface area contributed by atoms with E-state index in [1.807, 2.05) is 6.07 Å². The summed E-state index contributed by atoms with van der Waals surface area (Å²) >= 11 is 5.85. The highest BCUT2D eigenvalue weighted by molar-refractivity contribution is 6.30. The molecular formula is C22H17ClN6O5. The number of aryl methyl sites for hydroxylation is 1. The zero-order valence-corrected chi connectivity index (χ0v) is 18.7. The third-order valence-corrected chi connectivity index (χ3v) is 5.00. The van der Waals surface area contributed by atoms with Crippen LogP contribution < -0.4 is 14.8 Å². The van der Waals surface area contributed by atoms with E-state index >= 15 is 0 Å². The van der Waals surface area contributed by atoms with E-state index in [4.69, 9.17) is 21.1 Å². The summed E-state index contributed by atoms with van der Waals surface area (Å²) in [4.78, 5) is 23.6. The van der Waals surface area contributed by atoms with Crippen LogP contribution in [0.4, 0.5) is 11.4 Å². The Bertz CT molecular complexity index is 1390. The molecule has 11 nitrogen and oxygen atoms in total. The summed E-state index contributed by atoms with van der Waals surface area (Å²) in [5.41, 5.74) is 1.27. The van der Waals surface area contributed by atoms with E-state index in [-0.39, 0.29) is 28.0 Å². The number of amides is 1. The highest BCUT2D eigenvalue weighted by atomic mass is 35.5. The molecule has 172 valence electrons. The molecule has 0 unspecified atom stereocenters. The second-order valence-electron chi connectivity index (χ2n) is 7.00. The maximum atomic E-state index is 12.8. The molecule has 0 saturated carbocycles. The number of carbonyl (C=O) groups is 1. The summed E-state index contributed by atoms with van der Waals surface area (Å²) < 4.78 is 12.6. The van der Waals surface area contributed by atoms with Crippen molar-refractivity contribution in [1.29, 1.82) is 0 Å². The number of rotatable bonds is 7. The van der Waals surface area contributed by atoms with E-state index in [1.54, 1.807) is 25.2 Å². The third-order valence-electron chi connectivity index (χ3n) is 4.76. The number of tetrazole rings is 1. The van der Waals surface area contributed by atoms with E-state index in [9.17, 15) is 14.9 Å². The molecule has 0 fully saturated rings. The van der Waals surface area contributed by atoms with Crippen LogP contribution in [-0.4, -0.2) is 38.1 Å². The van der Waals surface area contributed by atoms with Crippen LogP contribution in [0.25, 0.3) is 11.4 Å². The summed E-state index contributed by atoms with van der Waals surface area (Å²) in [6.07, 6.45) is 0. The zero-order valence-electron chi connectivity index (χ0n) is 17.9. The summed E-state index contributed by atoms with van der Waals surface area (Å²) in [6.45, 7) is 0. The van der Waals surface area contributed by atoms with Gasteiger partial charge in [0.15, 0.2) is 17.3 Å². The number of aromatic nitrogens is 4. The Morgan fingerprint density at radius 3 is 2.59 bits per heavy atom. The minimum absolute atomic E-state index is 0.0139. The molecule has 1 heterocycles. The zero-order chi connectivity index (χ0) is 24.2. The van der Waals surface area contributed by atoms with E-state index in [0.29, 0.717) is 17.1 Å². The quantitative estimate of drug-likeness (QED) is 0.302. The minimum Gasteiger partial charge on any atom is -0.493 e. The van der Waals surface area contributed by atoms with Gasteiger partial charge in [-0.05, 0) is 52.9 Å². The number of nitro benzene ring substituents is 1. The predicted octanol–water partition coefficient (Wildman–Crippen LogP) is 4.49. The first-order chi connectivity index (χ1) is 16.4. The van der Waals surface area contributed by atoms with Gasteiger partial charge in [-0.3, -0.25) is 14.9 Å². The van der Waals surface area contributed by atoms with Gasteiger partial charge in [-0.15, -0.1) is 5.10 Å². The lowest BCUT2D eigenvalue weighted by Crippen LogP contribution is -2.12. The van der Waals surface area contributed by atoms with Crippen molar-refractivity contribution in [3.05, 3.63) is 81.4 Å². The van der Waals surface area contributed by atoms with Crippen molar-refractivity contribution in [3.63, 3.8) is 0 Å². The second kappa shape index (κ2) is 9.55. The Hall–Kier alpha value is -4.51. The smallest absolute Gasteiger partial charge is 0.313 e. The molecule has 0 aliphatic rings. The molecule has 0 atom stereocenters. The molecule has 3 aromatic carbocycles. The number of hydrogen-bond acceptors (Lipinski definition) is 8. The van der Waals surface area contributed by atoms with Gasteiger partial charge in [0.05, 0.1) is 12.0 Å². The van der Waals surface area contributed by atoms with Gasteiger partial charge in [-0.25, -0.2) is 4.68 Å². The van der Waals surface area contributed by atoms with Crippen LogP contribution in [0.3, 0.4) is 0 Å². The van der Waals surface area contributed by atoms with Crippen molar-refractivity contribution in [3.8, 4) is 28.6 Å². The first-order valence-electron chi connectivity index (χ1n) is 9.79. The fraction of sp³-hybridized carbons (Fsp3) is 0.0909. The number of nitrogens with one attached hydrogen (secondary N) is 1. The van der Waals surface area contributed by atoms with E-state index in [2.05, 4.69) is 20.8 Å². The lowest BCUT2D eigenvalue weighted by molar-refractivity contribution is -0.385. The molecule has 0 aliphatic carbocycles. The highest BCUT2D eigenvalue weighted by Gasteiger charge is 2.19. The van der Waals surface area contributed by atoms with Crippen molar-refractivity contribution < 1.29 is 19.2 Å². The number of carbonyl (C=O) groups excluding carboxylic acids is 1. The molecule has 1 N–H and O–H groups in total. The normalized spacial score (nSPS) is 10.6.